The van der Waals surface area contributed by atoms with Crippen LogP contribution in [0.1, 0.15) is 90.5 Å². The van der Waals surface area contributed by atoms with Crippen LogP contribution in [0.15, 0.2) is 194 Å². The van der Waals surface area contributed by atoms with E-state index < -0.39 is 73.9 Å². The van der Waals surface area contributed by atoms with E-state index in [1.54, 1.807) is 80.0 Å². The van der Waals surface area contributed by atoms with Crippen LogP contribution in [0.4, 0.5) is 26.3 Å². The number of nitrogens with zero attached hydrogens (tertiary/aromatic N) is 5. The molecule has 0 aliphatic heterocycles. The van der Waals surface area contributed by atoms with Gasteiger partial charge in [-0.2, -0.15) is 18.3 Å². The summed E-state index contributed by atoms with van der Waals surface area (Å²) in [6.45, 7) is 5.54. The summed E-state index contributed by atoms with van der Waals surface area (Å²) in [5, 5.41) is 14.2. The van der Waals surface area contributed by atoms with Crippen molar-refractivity contribution in [1.29, 1.82) is 0 Å². The van der Waals surface area contributed by atoms with Gasteiger partial charge in [0.2, 0.25) is 20.0 Å². The number of sulfone groups is 2. The Bertz CT molecular complexity index is 5070. The number of rotatable bonds is 12. The number of aryl methyl sites for hydroxylation is 3. The quantitative estimate of drug-likeness (QED) is 0.108. The van der Waals surface area contributed by atoms with Gasteiger partial charge in [0.05, 0.1) is 42.5 Å². The number of oxazole rings is 1. The minimum absolute atomic E-state index is 0.138. The third kappa shape index (κ3) is 18.2. The van der Waals surface area contributed by atoms with Gasteiger partial charge in [-0.15, -0.1) is 0 Å². The standard InChI is InChI=1S/C18H15ClN2O2S.C18H14F2O3S.C17H14F3N3O2S.C16H19FN2O3S/c1-12-3-4-14(10-20-12)18-17(9-15(19)11-21-18)13-5-7-16(8-6-13)24(2,22)23;1-24(22,23)15-4-2-11(3-5-15)16-6-7-17(21)18(16)12-8-13(19)10-14(20)9-12;1-11-2-4-12(5-3-11)15-10-16(17(18,19)20)22-23(15)13-6-8-14(9-7-13)26(21,24)25;1-10-19-15(11-5-3-2-4-6-11)16(22-10)12-7-8-14(13(17)9-12)23(18,20)21/h3-11H,1-2H3;2-5,8-10H,6-7H2,1H3;2-10H,1H3,(H2,21,24,25);7-9,11H,2-6H2,1H3,(H2,18,20,21). The maximum atomic E-state index is 14.1. The maximum absolute atomic E-state index is 14.1. The van der Waals surface area contributed by atoms with E-state index in [2.05, 4.69) is 20.1 Å². The van der Waals surface area contributed by atoms with Crippen molar-refractivity contribution >= 4 is 68.3 Å². The largest absolute Gasteiger partial charge is 0.441 e. The van der Waals surface area contributed by atoms with Gasteiger partial charge in [-0.1, -0.05) is 85.0 Å². The fourth-order valence-corrected chi connectivity index (χ4v) is 13.4. The lowest BCUT2D eigenvalue weighted by atomic mass is 9.85. The molecule has 0 bridgehead atoms. The van der Waals surface area contributed by atoms with Gasteiger partial charge in [0.1, 0.15) is 22.3 Å². The van der Waals surface area contributed by atoms with Crippen molar-refractivity contribution < 1.29 is 69.2 Å². The number of primary sulfonamides is 2. The number of allylic oxidation sites excluding steroid dienone is 2. The number of Topliss-reactive ketones (excluding diaryl/α,β-unsaturated/α-hetero) is 1. The molecule has 4 N–H and O–H groups in total. The number of pyridine rings is 2. The van der Waals surface area contributed by atoms with E-state index in [-0.39, 0.29) is 43.8 Å². The zero-order valence-corrected chi connectivity index (χ0v) is 56.5. The number of aromatic nitrogens is 5. The molecule has 10 aromatic rings. The van der Waals surface area contributed by atoms with Crippen LogP contribution in [0.25, 0.3) is 61.8 Å². The van der Waals surface area contributed by atoms with E-state index in [1.165, 1.54) is 61.2 Å². The summed E-state index contributed by atoms with van der Waals surface area (Å²) >= 11 is 6.11. The maximum Gasteiger partial charge on any atom is 0.435 e. The van der Waals surface area contributed by atoms with Crippen LogP contribution in [0, 0.1) is 38.2 Å². The van der Waals surface area contributed by atoms with Crippen LogP contribution >= 0.6 is 11.6 Å². The molecule has 1 fully saturated rings. The van der Waals surface area contributed by atoms with Crippen LogP contribution < -0.4 is 10.3 Å². The Labute approximate surface area is 561 Å². The Hall–Kier alpha value is -8.96. The van der Waals surface area contributed by atoms with Crippen LogP contribution in [-0.2, 0) is 50.7 Å². The summed E-state index contributed by atoms with van der Waals surface area (Å²) < 4.78 is 179. The number of carbonyl (C=O) groups is 1. The lowest BCUT2D eigenvalue weighted by Gasteiger charge is -2.20. The van der Waals surface area contributed by atoms with Crippen LogP contribution in [-0.4, -0.2) is 76.7 Å². The number of ketones is 1. The number of alkyl halides is 3. The second-order valence-electron chi connectivity index (χ2n) is 23.0. The average molecular weight is 1430 g/mol. The first-order chi connectivity index (χ1) is 45.5. The molecule has 6 aromatic carbocycles. The molecule has 28 heteroatoms. The molecule has 0 radical (unpaired) electrons. The molecular formula is C69H62ClF6N7O10S4. The monoisotopic (exact) mass is 1430 g/mol. The summed E-state index contributed by atoms with van der Waals surface area (Å²) in [4.78, 5) is 25.2. The van der Waals surface area contributed by atoms with Crippen molar-refractivity contribution in [3.05, 3.63) is 232 Å². The lowest BCUT2D eigenvalue weighted by Crippen LogP contribution is -2.14. The van der Waals surface area contributed by atoms with Crippen molar-refractivity contribution in [1.82, 2.24) is 24.7 Å². The molecule has 2 aliphatic carbocycles. The van der Waals surface area contributed by atoms with Gasteiger partial charge in [-0.05, 0) is 159 Å². The number of hydrogen-bond acceptors (Lipinski definition) is 14. The molecular weight excluding hydrogens is 1360 g/mol. The second kappa shape index (κ2) is 29.4. The highest BCUT2D eigenvalue weighted by Gasteiger charge is 2.36. The number of halogens is 7. The number of carbonyl (C=O) groups excluding carboxylic acids is 1. The summed E-state index contributed by atoms with van der Waals surface area (Å²) in [6.07, 6.45) is 7.35. The molecule has 97 heavy (non-hydrogen) atoms. The molecule has 4 heterocycles. The fraction of sp³-hybridized carbons (Fsp3) is 0.203. The lowest BCUT2D eigenvalue weighted by molar-refractivity contribution is -0.141. The first-order valence-electron chi connectivity index (χ1n) is 29.6. The van der Waals surface area contributed by atoms with E-state index in [1.807, 2.05) is 32.0 Å². The van der Waals surface area contributed by atoms with Gasteiger partial charge in [0.25, 0.3) is 0 Å². The highest BCUT2D eigenvalue weighted by atomic mass is 35.5. The van der Waals surface area contributed by atoms with Crippen LogP contribution in [0.5, 0.6) is 0 Å². The molecule has 506 valence electrons. The molecule has 17 nitrogen and oxygen atoms in total. The second-order valence-corrected chi connectivity index (χ2v) is 30.5. The summed E-state index contributed by atoms with van der Waals surface area (Å²) in [5.74, 6) is -1.20. The Kier molecular flexibility index (Phi) is 21.9. The van der Waals surface area contributed by atoms with Crippen molar-refractivity contribution in [2.75, 3.05) is 12.5 Å². The Morgan fingerprint density at radius 2 is 1.13 bits per heavy atom. The number of hydrogen-bond donors (Lipinski definition) is 2. The van der Waals surface area contributed by atoms with Crippen LogP contribution in [0.2, 0.25) is 5.02 Å². The smallest absolute Gasteiger partial charge is 0.435 e. The normalized spacial score (nSPS) is 13.9. The SMILES string of the molecule is CS(=O)(=O)c1ccc(C2=C(c3cc(F)cc(F)c3)C(=O)CC2)cc1.Cc1ccc(-c2cc(C(F)(F)F)nn2-c2ccc(S(N)(=O)=O)cc2)cc1.Cc1ccc(-c2ncc(Cl)cc2-c2ccc(S(C)(=O)=O)cc2)cn1.Cc1nc(C2CCCCC2)c(-c2ccc(S(N)(=O)=O)c(F)c2)o1. The fourth-order valence-electron chi connectivity index (χ4n) is 10.9. The van der Waals surface area contributed by atoms with Gasteiger partial charge < -0.3 is 4.42 Å². The van der Waals surface area contributed by atoms with Gasteiger partial charge >= 0.3 is 6.18 Å². The summed E-state index contributed by atoms with van der Waals surface area (Å²) in [6, 6.07) is 38.4. The Morgan fingerprint density at radius 3 is 1.67 bits per heavy atom. The molecule has 0 spiro atoms. The van der Waals surface area contributed by atoms with Crippen LogP contribution in [0.3, 0.4) is 0 Å². The number of sulfonamides is 2. The Balaban J connectivity index is 0.000000152. The minimum atomic E-state index is -4.61. The van der Waals surface area contributed by atoms with E-state index in [0.717, 1.165) is 106 Å². The summed E-state index contributed by atoms with van der Waals surface area (Å²) in [7, 11) is -14.5. The van der Waals surface area contributed by atoms with Gasteiger partial charge in [0, 0.05) is 83.8 Å². The highest BCUT2D eigenvalue weighted by Crippen LogP contribution is 2.41. The molecule has 0 saturated heterocycles. The Morgan fingerprint density at radius 1 is 0.577 bits per heavy atom. The molecule has 0 unspecified atom stereocenters. The first-order valence-corrected chi connectivity index (χ1v) is 36.9. The zero-order chi connectivity index (χ0) is 70.5. The van der Waals surface area contributed by atoms with E-state index >= 15 is 0 Å². The zero-order valence-electron chi connectivity index (χ0n) is 52.4. The molecule has 4 aromatic heterocycles. The predicted octanol–water partition coefficient (Wildman–Crippen LogP) is 14.8. The molecule has 1 saturated carbocycles. The summed E-state index contributed by atoms with van der Waals surface area (Å²) in [5.41, 5.74) is 8.37. The van der Waals surface area contributed by atoms with Gasteiger partial charge in [0.15, 0.2) is 42.8 Å². The first kappa shape index (κ1) is 72.3. The third-order valence-corrected chi connectivity index (χ3v) is 19.9. The van der Waals surface area contributed by atoms with Crippen molar-refractivity contribution in [3.8, 4) is 50.7 Å². The molecule has 0 amide bonds. The number of nitrogens with two attached hydrogens (primary N) is 2. The van der Waals surface area contributed by atoms with E-state index in [0.29, 0.717) is 56.8 Å². The van der Waals surface area contributed by atoms with E-state index in [9.17, 15) is 64.8 Å². The average Bonchev–Trinajstić information content (AvgIpc) is 1.78. The van der Waals surface area contributed by atoms with Gasteiger partial charge in [-0.25, -0.2) is 66.8 Å². The molecule has 0 atom stereocenters. The van der Waals surface area contributed by atoms with Crippen molar-refractivity contribution in [3.63, 3.8) is 0 Å². The predicted molar refractivity (Wildman–Crippen MR) is 357 cm³/mol. The minimum Gasteiger partial charge on any atom is -0.441 e. The topological polar surface area (TPSA) is 275 Å². The molecule has 2 aliphatic rings. The molecule has 12 rings (SSSR count). The van der Waals surface area contributed by atoms with Gasteiger partial charge in [-0.3, -0.25) is 14.8 Å². The third-order valence-electron chi connectivity index (χ3n) is 15.6. The highest BCUT2D eigenvalue weighted by molar-refractivity contribution is 7.91. The van der Waals surface area contributed by atoms with Crippen molar-refractivity contribution in [2.45, 2.75) is 97.4 Å². The van der Waals surface area contributed by atoms with Crippen molar-refractivity contribution in [2.24, 2.45) is 10.3 Å². The van der Waals surface area contributed by atoms with E-state index in [4.69, 9.17) is 26.3 Å². The number of benzene rings is 6.